The second-order valence-corrected chi connectivity index (χ2v) is 3.07. The van der Waals surface area contributed by atoms with Crippen LogP contribution in [-0.2, 0) is 4.74 Å². The number of methoxy groups -OCH3 is 1. The lowest BCUT2D eigenvalue weighted by atomic mass is 10.1. The molecule has 0 fully saturated rings. The molecule has 0 heterocycles. The third-order valence-corrected chi connectivity index (χ3v) is 1.74. The van der Waals surface area contributed by atoms with E-state index in [0.29, 0.717) is 5.56 Å². The molecule has 0 spiro atoms. The van der Waals surface area contributed by atoms with Gasteiger partial charge in [0, 0.05) is 4.90 Å². The van der Waals surface area contributed by atoms with Gasteiger partial charge in [-0.2, -0.15) is 0 Å². The zero-order chi connectivity index (χ0) is 9.14. The number of carbonyl (C=O) groups is 1. The molecule has 0 aliphatic rings. The summed E-state index contributed by atoms with van der Waals surface area (Å²) < 4.78 is 4.57. The average molecular weight is 182 g/mol. The minimum absolute atomic E-state index is 0.325. The van der Waals surface area contributed by atoms with Gasteiger partial charge in [0.05, 0.1) is 12.7 Å². The molecule has 0 radical (unpaired) electrons. The molecule has 0 aliphatic carbocycles. The van der Waals surface area contributed by atoms with Gasteiger partial charge in [-0.05, 0) is 30.7 Å². The third kappa shape index (κ3) is 2.01. The zero-order valence-corrected chi connectivity index (χ0v) is 7.89. The zero-order valence-electron chi connectivity index (χ0n) is 7.00. The Bertz CT molecular complexity index is 287. The van der Waals surface area contributed by atoms with Gasteiger partial charge in [0.25, 0.3) is 0 Å². The largest absolute Gasteiger partial charge is 0.465 e. The standard InChI is InChI=1S/C9H10O2S/c1-6-3-7(9(10)11-2)5-8(12)4-6/h3-5,12H,1-2H3. The maximum Gasteiger partial charge on any atom is 0.337 e. The van der Waals surface area contributed by atoms with Crippen molar-refractivity contribution in [3.63, 3.8) is 0 Å². The molecule has 3 heteroatoms. The van der Waals surface area contributed by atoms with Gasteiger partial charge >= 0.3 is 5.97 Å². The molecule has 2 nitrogen and oxygen atoms in total. The molecular formula is C9H10O2S. The van der Waals surface area contributed by atoms with Crippen molar-refractivity contribution >= 4 is 18.6 Å². The molecule has 0 aliphatic heterocycles. The summed E-state index contributed by atoms with van der Waals surface area (Å²) in [7, 11) is 1.36. The number of rotatable bonds is 1. The smallest absolute Gasteiger partial charge is 0.337 e. The summed E-state index contributed by atoms with van der Waals surface area (Å²) in [6.07, 6.45) is 0. The van der Waals surface area contributed by atoms with Crippen LogP contribution in [0.3, 0.4) is 0 Å². The third-order valence-electron chi connectivity index (χ3n) is 1.48. The van der Waals surface area contributed by atoms with E-state index in [-0.39, 0.29) is 5.97 Å². The van der Waals surface area contributed by atoms with E-state index in [1.807, 2.05) is 13.0 Å². The first-order chi connectivity index (χ1) is 5.63. The first-order valence-electron chi connectivity index (χ1n) is 3.52. The quantitative estimate of drug-likeness (QED) is 0.531. The van der Waals surface area contributed by atoms with Gasteiger partial charge in [-0.25, -0.2) is 4.79 Å². The summed E-state index contributed by atoms with van der Waals surface area (Å²) in [6, 6.07) is 5.34. The van der Waals surface area contributed by atoms with Gasteiger partial charge in [-0.3, -0.25) is 0 Å². The molecule has 0 bridgehead atoms. The molecule has 0 aromatic heterocycles. The molecule has 1 aromatic rings. The number of carbonyl (C=O) groups excluding carboxylic acids is 1. The molecule has 0 amide bonds. The Hall–Kier alpha value is -0.960. The number of hydrogen-bond acceptors (Lipinski definition) is 3. The number of aryl methyl sites for hydroxylation is 1. The van der Waals surface area contributed by atoms with Crippen molar-refractivity contribution in [2.75, 3.05) is 7.11 Å². The van der Waals surface area contributed by atoms with Gasteiger partial charge in [0.1, 0.15) is 0 Å². The highest BCUT2D eigenvalue weighted by atomic mass is 32.1. The Kier molecular flexibility index (Phi) is 2.76. The van der Waals surface area contributed by atoms with Crippen molar-refractivity contribution in [3.8, 4) is 0 Å². The lowest BCUT2D eigenvalue weighted by Gasteiger charge is -2.01. The van der Waals surface area contributed by atoms with Crippen LogP contribution < -0.4 is 0 Å². The van der Waals surface area contributed by atoms with Gasteiger partial charge < -0.3 is 4.74 Å². The van der Waals surface area contributed by atoms with Crippen molar-refractivity contribution in [1.82, 2.24) is 0 Å². The maximum atomic E-state index is 11.1. The van der Waals surface area contributed by atoms with Crippen molar-refractivity contribution < 1.29 is 9.53 Å². The molecule has 1 rings (SSSR count). The van der Waals surface area contributed by atoms with Crippen LogP contribution in [0.2, 0.25) is 0 Å². The summed E-state index contributed by atoms with van der Waals surface area (Å²) in [6.45, 7) is 1.91. The highest BCUT2D eigenvalue weighted by Gasteiger charge is 2.05. The van der Waals surface area contributed by atoms with Crippen molar-refractivity contribution in [1.29, 1.82) is 0 Å². The highest BCUT2D eigenvalue weighted by molar-refractivity contribution is 7.80. The molecule has 1 aromatic carbocycles. The van der Waals surface area contributed by atoms with Crippen LogP contribution in [0.25, 0.3) is 0 Å². The normalized spacial score (nSPS) is 9.58. The van der Waals surface area contributed by atoms with E-state index in [2.05, 4.69) is 17.4 Å². The predicted octanol–water partition coefficient (Wildman–Crippen LogP) is 2.07. The Balaban J connectivity index is 3.08. The molecule has 64 valence electrons. The van der Waals surface area contributed by atoms with Gasteiger partial charge in [-0.1, -0.05) is 0 Å². The monoisotopic (exact) mass is 182 g/mol. The first-order valence-corrected chi connectivity index (χ1v) is 3.97. The Labute approximate surface area is 77.0 Å². The maximum absolute atomic E-state index is 11.1. The lowest BCUT2D eigenvalue weighted by molar-refractivity contribution is 0.0600. The van der Waals surface area contributed by atoms with E-state index < -0.39 is 0 Å². The summed E-state index contributed by atoms with van der Waals surface area (Å²) in [5.41, 5.74) is 1.55. The van der Waals surface area contributed by atoms with Crippen LogP contribution >= 0.6 is 12.6 Å². The van der Waals surface area contributed by atoms with Gasteiger partial charge in [0.15, 0.2) is 0 Å². The minimum Gasteiger partial charge on any atom is -0.465 e. The first kappa shape index (κ1) is 9.13. The Morgan fingerprint density at radius 1 is 1.42 bits per heavy atom. The second kappa shape index (κ2) is 3.63. The fourth-order valence-corrected chi connectivity index (χ4v) is 1.34. The van der Waals surface area contributed by atoms with Crippen LogP contribution in [-0.4, -0.2) is 13.1 Å². The van der Waals surface area contributed by atoms with Crippen LogP contribution in [0.15, 0.2) is 23.1 Å². The SMILES string of the molecule is COC(=O)c1cc(C)cc(S)c1. The van der Waals surface area contributed by atoms with E-state index in [4.69, 9.17) is 0 Å². The van der Waals surface area contributed by atoms with Crippen molar-refractivity contribution in [3.05, 3.63) is 29.3 Å². The summed E-state index contributed by atoms with van der Waals surface area (Å²) in [5, 5.41) is 0. The molecule has 0 N–H and O–H groups in total. The number of thiol groups is 1. The number of esters is 1. The van der Waals surface area contributed by atoms with Gasteiger partial charge in [0.2, 0.25) is 0 Å². The molecule has 0 atom stereocenters. The van der Waals surface area contributed by atoms with Crippen LogP contribution in [0.1, 0.15) is 15.9 Å². The fourth-order valence-electron chi connectivity index (χ4n) is 0.999. The molecule has 0 saturated heterocycles. The number of benzene rings is 1. The molecule has 12 heavy (non-hydrogen) atoms. The van der Waals surface area contributed by atoms with E-state index in [0.717, 1.165) is 10.5 Å². The van der Waals surface area contributed by atoms with E-state index in [1.54, 1.807) is 12.1 Å². The fraction of sp³-hybridized carbons (Fsp3) is 0.222. The summed E-state index contributed by atoms with van der Waals surface area (Å²) in [5.74, 6) is -0.325. The van der Waals surface area contributed by atoms with Crippen molar-refractivity contribution in [2.45, 2.75) is 11.8 Å². The number of ether oxygens (including phenoxy) is 1. The lowest BCUT2D eigenvalue weighted by Crippen LogP contribution is -2.01. The Morgan fingerprint density at radius 3 is 2.58 bits per heavy atom. The molecule has 0 unspecified atom stereocenters. The molecular weight excluding hydrogens is 172 g/mol. The molecule has 0 saturated carbocycles. The topological polar surface area (TPSA) is 26.3 Å². The second-order valence-electron chi connectivity index (χ2n) is 2.55. The van der Waals surface area contributed by atoms with E-state index >= 15 is 0 Å². The summed E-state index contributed by atoms with van der Waals surface area (Å²) >= 11 is 4.15. The van der Waals surface area contributed by atoms with Crippen LogP contribution in [0.5, 0.6) is 0 Å². The van der Waals surface area contributed by atoms with E-state index in [1.165, 1.54) is 7.11 Å². The summed E-state index contributed by atoms with van der Waals surface area (Å²) in [4.78, 5) is 11.8. The van der Waals surface area contributed by atoms with Gasteiger partial charge in [-0.15, -0.1) is 12.6 Å². The highest BCUT2D eigenvalue weighted by Crippen LogP contribution is 2.13. The minimum atomic E-state index is -0.325. The number of hydrogen-bond donors (Lipinski definition) is 1. The Morgan fingerprint density at radius 2 is 2.08 bits per heavy atom. The van der Waals surface area contributed by atoms with Crippen molar-refractivity contribution in [2.24, 2.45) is 0 Å². The predicted molar refractivity (Wildman–Crippen MR) is 49.8 cm³/mol. The average Bonchev–Trinajstić information content (AvgIpc) is 2.01. The van der Waals surface area contributed by atoms with E-state index in [9.17, 15) is 4.79 Å². The van der Waals surface area contributed by atoms with Crippen LogP contribution in [0.4, 0.5) is 0 Å². The van der Waals surface area contributed by atoms with Crippen LogP contribution in [0, 0.1) is 6.92 Å².